The topological polar surface area (TPSA) is 54.4 Å². The number of nitrogens with one attached hydrogen (secondary N) is 1. The normalized spacial score (nSPS) is 12.5. The van der Waals surface area contributed by atoms with Crippen molar-refractivity contribution < 1.29 is 9.84 Å². The number of nitrogens with zero attached hydrogens (tertiary/aromatic N) is 1. The maximum atomic E-state index is 8.83. The van der Waals surface area contributed by atoms with Crippen LogP contribution in [0.25, 0.3) is 0 Å². The van der Waals surface area contributed by atoms with Gasteiger partial charge in [0.2, 0.25) is 5.88 Å². The highest BCUT2D eigenvalue weighted by atomic mass is 16.5. The molecule has 0 aromatic carbocycles. The Hall–Kier alpha value is -1.13. The standard InChI is InChI=1S/C11H18N2O2/c1-9(8-14)5-12-6-10-3-4-11(15-2)13-7-10/h3-4,7,9,12,14H,5-6,8H2,1-2H3. The molecule has 15 heavy (non-hydrogen) atoms. The summed E-state index contributed by atoms with van der Waals surface area (Å²) in [6, 6.07) is 3.81. The molecule has 84 valence electrons. The second-order valence-corrected chi connectivity index (χ2v) is 3.63. The van der Waals surface area contributed by atoms with Crippen molar-refractivity contribution in [3.8, 4) is 5.88 Å². The Morgan fingerprint density at radius 3 is 2.87 bits per heavy atom. The van der Waals surface area contributed by atoms with E-state index in [1.807, 2.05) is 19.1 Å². The van der Waals surface area contributed by atoms with E-state index in [0.717, 1.165) is 18.7 Å². The SMILES string of the molecule is COc1ccc(CNCC(C)CO)cn1. The van der Waals surface area contributed by atoms with Crippen molar-refractivity contribution in [2.75, 3.05) is 20.3 Å². The third-order valence-corrected chi connectivity index (χ3v) is 2.14. The van der Waals surface area contributed by atoms with Gasteiger partial charge >= 0.3 is 0 Å². The van der Waals surface area contributed by atoms with Gasteiger partial charge in [-0.2, -0.15) is 0 Å². The molecule has 0 saturated carbocycles. The molecule has 1 heterocycles. The summed E-state index contributed by atoms with van der Waals surface area (Å²) in [5, 5.41) is 12.1. The minimum atomic E-state index is 0.216. The van der Waals surface area contributed by atoms with Crippen molar-refractivity contribution in [1.29, 1.82) is 0 Å². The van der Waals surface area contributed by atoms with Gasteiger partial charge in [-0.3, -0.25) is 0 Å². The molecule has 0 saturated heterocycles. The Morgan fingerprint density at radius 1 is 1.53 bits per heavy atom. The van der Waals surface area contributed by atoms with E-state index in [-0.39, 0.29) is 12.5 Å². The summed E-state index contributed by atoms with van der Waals surface area (Å²) in [7, 11) is 1.60. The summed E-state index contributed by atoms with van der Waals surface area (Å²) in [5.74, 6) is 0.915. The number of aliphatic hydroxyl groups is 1. The molecular formula is C11H18N2O2. The summed E-state index contributed by atoms with van der Waals surface area (Å²) in [4.78, 5) is 4.10. The Bertz CT molecular complexity index is 274. The van der Waals surface area contributed by atoms with Crippen LogP contribution in [0.3, 0.4) is 0 Å². The van der Waals surface area contributed by atoms with E-state index in [1.54, 1.807) is 13.3 Å². The van der Waals surface area contributed by atoms with E-state index in [4.69, 9.17) is 9.84 Å². The van der Waals surface area contributed by atoms with Gasteiger partial charge in [0.15, 0.2) is 0 Å². The molecule has 4 heteroatoms. The van der Waals surface area contributed by atoms with Crippen LogP contribution in [0.4, 0.5) is 0 Å². The fraction of sp³-hybridized carbons (Fsp3) is 0.545. The van der Waals surface area contributed by atoms with Crippen LogP contribution in [0.15, 0.2) is 18.3 Å². The maximum absolute atomic E-state index is 8.83. The molecule has 1 aromatic heterocycles. The molecule has 1 unspecified atom stereocenters. The maximum Gasteiger partial charge on any atom is 0.212 e. The molecule has 0 amide bonds. The van der Waals surface area contributed by atoms with E-state index in [9.17, 15) is 0 Å². The van der Waals surface area contributed by atoms with E-state index in [2.05, 4.69) is 10.3 Å². The molecule has 2 N–H and O–H groups in total. The highest BCUT2D eigenvalue weighted by molar-refractivity contribution is 5.17. The van der Waals surface area contributed by atoms with Crippen LogP contribution >= 0.6 is 0 Å². The van der Waals surface area contributed by atoms with Gasteiger partial charge in [0.1, 0.15) is 0 Å². The molecule has 0 bridgehead atoms. The van der Waals surface area contributed by atoms with Crippen LogP contribution < -0.4 is 10.1 Å². The molecule has 1 aromatic rings. The van der Waals surface area contributed by atoms with Crippen molar-refractivity contribution in [1.82, 2.24) is 10.3 Å². The molecule has 0 aliphatic carbocycles. The zero-order valence-electron chi connectivity index (χ0n) is 9.23. The van der Waals surface area contributed by atoms with Crippen molar-refractivity contribution in [3.05, 3.63) is 23.9 Å². The zero-order valence-corrected chi connectivity index (χ0v) is 9.23. The first-order chi connectivity index (χ1) is 7.26. The number of pyridine rings is 1. The van der Waals surface area contributed by atoms with Crippen LogP contribution in [0.1, 0.15) is 12.5 Å². The first-order valence-corrected chi connectivity index (χ1v) is 5.06. The number of aromatic nitrogens is 1. The van der Waals surface area contributed by atoms with Gasteiger partial charge in [0, 0.05) is 32.0 Å². The predicted octanol–water partition coefficient (Wildman–Crippen LogP) is 0.808. The number of methoxy groups -OCH3 is 1. The smallest absolute Gasteiger partial charge is 0.212 e. The highest BCUT2D eigenvalue weighted by Gasteiger charge is 1.99. The second-order valence-electron chi connectivity index (χ2n) is 3.63. The van der Waals surface area contributed by atoms with E-state index >= 15 is 0 Å². The summed E-state index contributed by atoms with van der Waals surface area (Å²) in [5.41, 5.74) is 1.11. The molecular weight excluding hydrogens is 192 g/mol. The highest BCUT2D eigenvalue weighted by Crippen LogP contribution is 2.06. The van der Waals surface area contributed by atoms with Crippen LogP contribution in [-0.2, 0) is 6.54 Å². The molecule has 4 nitrogen and oxygen atoms in total. The van der Waals surface area contributed by atoms with Crippen molar-refractivity contribution in [2.24, 2.45) is 5.92 Å². The van der Waals surface area contributed by atoms with Crippen molar-refractivity contribution >= 4 is 0 Å². The Balaban J connectivity index is 2.31. The van der Waals surface area contributed by atoms with Gasteiger partial charge in [-0.05, 0) is 11.5 Å². The first-order valence-electron chi connectivity index (χ1n) is 5.06. The molecule has 1 atom stereocenters. The molecule has 0 radical (unpaired) electrons. The lowest BCUT2D eigenvalue weighted by molar-refractivity contribution is 0.233. The Labute approximate surface area is 90.3 Å². The third kappa shape index (κ3) is 4.27. The zero-order chi connectivity index (χ0) is 11.1. The van der Waals surface area contributed by atoms with Crippen LogP contribution in [0.5, 0.6) is 5.88 Å². The summed E-state index contributed by atoms with van der Waals surface area (Å²) in [6.45, 7) is 3.79. The monoisotopic (exact) mass is 210 g/mol. The average molecular weight is 210 g/mol. The second kappa shape index (κ2) is 6.37. The lowest BCUT2D eigenvalue weighted by Gasteiger charge is -2.09. The molecule has 0 aliphatic rings. The fourth-order valence-electron chi connectivity index (χ4n) is 1.16. The quantitative estimate of drug-likeness (QED) is 0.729. The lowest BCUT2D eigenvalue weighted by atomic mass is 10.2. The summed E-state index contributed by atoms with van der Waals surface area (Å²) in [6.07, 6.45) is 1.79. The third-order valence-electron chi connectivity index (χ3n) is 2.14. The van der Waals surface area contributed by atoms with Crippen molar-refractivity contribution in [2.45, 2.75) is 13.5 Å². The summed E-state index contributed by atoms with van der Waals surface area (Å²) < 4.78 is 4.96. The molecule has 1 rings (SSSR count). The van der Waals surface area contributed by atoms with Gasteiger partial charge < -0.3 is 15.2 Å². The Morgan fingerprint density at radius 2 is 2.33 bits per heavy atom. The minimum absolute atomic E-state index is 0.216. The van der Waals surface area contributed by atoms with Gasteiger partial charge in [0.05, 0.1) is 7.11 Å². The predicted molar refractivity (Wildman–Crippen MR) is 58.7 cm³/mol. The summed E-state index contributed by atoms with van der Waals surface area (Å²) >= 11 is 0. The van der Waals surface area contributed by atoms with Gasteiger partial charge in [-0.1, -0.05) is 13.0 Å². The average Bonchev–Trinajstić information content (AvgIpc) is 2.29. The van der Waals surface area contributed by atoms with Crippen molar-refractivity contribution in [3.63, 3.8) is 0 Å². The molecule has 0 aliphatic heterocycles. The first kappa shape index (κ1) is 11.9. The van der Waals surface area contributed by atoms with E-state index in [1.165, 1.54) is 0 Å². The Kier molecular flexibility index (Phi) is 5.07. The van der Waals surface area contributed by atoms with Gasteiger partial charge in [-0.15, -0.1) is 0 Å². The molecule has 0 spiro atoms. The minimum Gasteiger partial charge on any atom is -0.481 e. The van der Waals surface area contributed by atoms with Crippen LogP contribution in [-0.4, -0.2) is 30.4 Å². The lowest BCUT2D eigenvalue weighted by Crippen LogP contribution is -2.22. The van der Waals surface area contributed by atoms with Gasteiger partial charge in [-0.25, -0.2) is 4.98 Å². The van der Waals surface area contributed by atoms with Crippen LogP contribution in [0.2, 0.25) is 0 Å². The van der Waals surface area contributed by atoms with Crippen LogP contribution in [0, 0.1) is 5.92 Å². The number of aliphatic hydroxyl groups excluding tert-OH is 1. The number of hydrogen-bond acceptors (Lipinski definition) is 4. The largest absolute Gasteiger partial charge is 0.481 e. The van der Waals surface area contributed by atoms with E-state index in [0.29, 0.717) is 5.88 Å². The number of hydrogen-bond donors (Lipinski definition) is 2. The van der Waals surface area contributed by atoms with E-state index < -0.39 is 0 Å². The number of rotatable bonds is 6. The fourth-order valence-corrected chi connectivity index (χ4v) is 1.16. The van der Waals surface area contributed by atoms with Gasteiger partial charge in [0.25, 0.3) is 0 Å². The number of ether oxygens (including phenoxy) is 1. The molecule has 0 fully saturated rings.